The summed E-state index contributed by atoms with van der Waals surface area (Å²) in [4.78, 5) is 0. The highest BCUT2D eigenvalue weighted by Gasteiger charge is 2.24. The lowest BCUT2D eigenvalue weighted by molar-refractivity contribution is 0.000370. The van der Waals surface area contributed by atoms with Crippen LogP contribution in [0.15, 0.2) is 16.6 Å². The smallest absolute Gasteiger partial charge is 0.143 e. The Bertz CT molecular complexity index is 422. The number of benzene rings is 1. The third-order valence-electron chi connectivity index (χ3n) is 3.27. The minimum absolute atomic E-state index is 0.0334. The van der Waals surface area contributed by atoms with Crippen molar-refractivity contribution in [2.45, 2.75) is 37.8 Å². The summed E-state index contributed by atoms with van der Waals surface area (Å²) in [6, 6.07) is 2.23. The third kappa shape index (κ3) is 3.08. The Balaban J connectivity index is 2.10. The first-order valence-corrected chi connectivity index (χ1v) is 6.88. The molecule has 1 aromatic rings. The molecule has 1 aliphatic heterocycles. The van der Waals surface area contributed by atoms with Gasteiger partial charge in [-0.15, -0.1) is 0 Å². The molecular weight excluding hydrogens is 304 g/mol. The molecule has 2 atom stereocenters. The van der Waals surface area contributed by atoms with Crippen molar-refractivity contribution in [1.82, 2.24) is 0 Å². The van der Waals surface area contributed by atoms with E-state index in [2.05, 4.69) is 15.9 Å². The van der Waals surface area contributed by atoms with E-state index in [-0.39, 0.29) is 28.6 Å². The van der Waals surface area contributed by atoms with Gasteiger partial charge in [0.2, 0.25) is 0 Å². The Kier molecular flexibility index (Phi) is 4.70. The normalized spacial score (nSPS) is 21.9. The average molecular weight is 320 g/mol. The van der Waals surface area contributed by atoms with Crippen molar-refractivity contribution in [1.29, 1.82) is 0 Å². The van der Waals surface area contributed by atoms with Crippen molar-refractivity contribution >= 4 is 15.9 Å². The van der Waals surface area contributed by atoms with Gasteiger partial charge in [0.15, 0.2) is 0 Å². The lowest BCUT2D eigenvalue weighted by Gasteiger charge is -2.28. The Hall–Kier alpha value is -0.520. The quantitative estimate of drug-likeness (QED) is 0.868. The molecule has 2 nitrogen and oxygen atoms in total. The zero-order chi connectivity index (χ0) is 13.1. The van der Waals surface area contributed by atoms with Gasteiger partial charge in [0.25, 0.3) is 0 Å². The van der Waals surface area contributed by atoms with Gasteiger partial charge >= 0.3 is 0 Å². The average Bonchev–Trinajstić information content (AvgIpc) is 2.40. The Morgan fingerprint density at radius 1 is 1.39 bits per heavy atom. The number of ether oxygens (including phenoxy) is 1. The summed E-state index contributed by atoms with van der Waals surface area (Å²) >= 11 is 3.05. The van der Waals surface area contributed by atoms with Crippen molar-refractivity contribution in [2.75, 3.05) is 6.61 Å². The molecule has 1 saturated heterocycles. The van der Waals surface area contributed by atoms with Crippen LogP contribution >= 0.6 is 15.9 Å². The highest BCUT2D eigenvalue weighted by atomic mass is 79.9. The molecule has 1 aromatic carbocycles. The van der Waals surface area contributed by atoms with Gasteiger partial charge < -0.3 is 10.5 Å². The summed E-state index contributed by atoms with van der Waals surface area (Å²) in [5.74, 6) is -1.12. The Morgan fingerprint density at radius 3 is 2.83 bits per heavy atom. The van der Waals surface area contributed by atoms with Crippen LogP contribution in [0.5, 0.6) is 0 Å². The molecule has 2 N–H and O–H groups in total. The zero-order valence-electron chi connectivity index (χ0n) is 9.96. The van der Waals surface area contributed by atoms with Gasteiger partial charge in [-0.2, -0.15) is 0 Å². The van der Waals surface area contributed by atoms with Crippen LogP contribution in [0.4, 0.5) is 8.78 Å². The summed E-state index contributed by atoms with van der Waals surface area (Å²) in [5, 5.41) is 0. The monoisotopic (exact) mass is 319 g/mol. The first kappa shape index (κ1) is 13.9. The van der Waals surface area contributed by atoms with E-state index in [1.54, 1.807) is 0 Å². The second kappa shape index (κ2) is 6.08. The first-order valence-electron chi connectivity index (χ1n) is 6.09. The van der Waals surface area contributed by atoms with Gasteiger partial charge in [-0.05, 0) is 53.7 Å². The molecule has 1 heterocycles. The fraction of sp³-hybridized carbons (Fsp3) is 0.538. The fourth-order valence-electron chi connectivity index (χ4n) is 2.23. The fourth-order valence-corrected chi connectivity index (χ4v) is 2.60. The summed E-state index contributed by atoms with van der Waals surface area (Å²) in [6.45, 7) is 0.682. The van der Waals surface area contributed by atoms with Crippen molar-refractivity contribution in [2.24, 2.45) is 5.73 Å². The van der Waals surface area contributed by atoms with E-state index < -0.39 is 11.6 Å². The van der Waals surface area contributed by atoms with Crippen LogP contribution < -0.4 is 5.73 Å². The molecule has 18 heavy (non-hydrogen) atoms. The lowest BCUT2D eigenvalue weighted by Crippen LogP contribution is -2.40. The molecule has 1 fully saturated rings. The van der Waals surface area contributed by atoms with E-state index in [4.69, 9.17) is 10.5 Å². The summed E-state index contributed by atoms with van der Waals surface area (Å²) in [6.07, 6.45) is 3.00. The molecule has 0 spiro atoms. The van der Waals surface area contributed by atoms with Gasteiger partial charge in [0, 0.05) is 18.2 Å². The van der Waals surface area contributed by atoms with Gasteiger partial charge in [-0.25, -0.2) is 8.78 Å². The molecule has 1 aliphatic rings. The maximum Gasteiger partial charge on any atom is 0.143 e. The highest BCUT2D eigenvalue weighted by molar-refractivity contribution is 9.10. The van der Waals surface area contributed by atoms with Crippen molar-refractivity contribution in [3.8, 4) is 0 Å². The Labute approximate surface area is 114 Å². The molecule has 5 heteroatoms. The zero-order valence-corrected chi connectivity index (χ0v) is 11.6. The molecule has 0 saturated carbocycles. The lowest BCUT2D eigenvalue weighted by atomic mass is 9.96. The summed E-state index contributed by atoms with van der Waals surface area (Å²) < 4.78 is 33.2. The van der Waals surface area contributed by atoms with Crippen LogP contribution in [0, 0.1) is 11.6 Å². The summed E-state index contributed by atoms with van der Waals surface area (Å²) in [5.41, 5.74) is 6.03. The third-order valence-corrected chi connectivity index (χ3v) is 3.88. The maximum absolute atomic E-state index is 13.8. The van der Waals surface area contributed by atoms with Crippen LogP contribution in [0.2, 0.25) is 0 Å². The molecule has 0 bridgehead atoms. The molecule has 2 rings (SSSR count). The largest absolute Gasteiger partial charge is 0.377 e. The van der Waals surface area contributed by atoms with Crippen LogP contribution in [0.25, 0.3) is 0 Å². The van der Waals surface area contributed by atoms with E-state index in [1.807, 2.05) is 0 Å². The van der Waals surface area contributed by atoms with Gasteiger partial charge in [0.1, 0.15) is 11.6 Å². The van der Waals surface area contributed by atoms with Crippen LogP contribution in [-0.4, -0.2) is 18.8 Å². The predicted molar refractivity (Wildman–Crippen MR) is 69.3 cm³/mol. The topological polar surface area (TPSA) is 35.2 Å². The second-order valence-corrected chi connectivity index (χ2v) is 5.45. The van der Waals surface area contributed by atoms with Crippen LogP contribution in [-0.2, 0) is 11.2 Å². The minimum Gasteiger partial charge on any atom is -0.377 e. The number of nitrogens with two attached hydrogens (primary N) is 1. The van der Waals surface area contributed by atoms with E-state index in [0.717, 1.165) is 19.3 Å². The highest BCUT2D eigenvalue weighted by Crippen LogP contribution is 2.24. The van der Waals surface area contributed by atoms with E-state index in [9.17, 15) is 8.78 Å². The number of hydrogen-bond donors (Lipinski definition) is 1. The Morgan fingerprint density at radius 2 is 2.17 bits per heavy atom. The molecule has 0 aromatic heterocycles. The molecule has 0 aliphatic carbocycles. The minimum atomic E-state index is -0.568. The van der Waals surface area contributed by atoms with E-state index >= 15 is 0 Å². The molecule has 0 radical (unpaired) electrons. The maximum atomic E-state index is 13.8. The molecule has 0 amide bonds. The molecule has 2 unspecified atom stereocenters. The van der Waals surface area contributed by atoms with Gasteiger partial charge in [0.05, 0.1) is 10.6 Å². The molecule has 100 valence electrons. The standard InChI is InChI=1S/C13H16BrF2NO/c14-9-4-5-10(15)8(13(9)16)7-11(17)12-3-1-2-6-18-12/h4-5,11-12H,1-3,6-7,17H2. The second-order valence-electron chi connectivity index (χ2n) is 4.59. The van der Waals surface area contributed by atoms with Gasteiger partial charge in [-0.1, -0.05) is 0 Å². The SMILES string of the molecule is NC(Cc1c(F)ccc(Br)c1F)C1CCCCO1. The number of rotatable bonds is 3. The predicted octanol–water partition coefficient (Wildman–Crippen LogP) is 3.17. The van der Waals surface area contributed by atoms with Crippen LogP contribution in [0.1, 0.15) is 24.8 Å². The van der Waals surface area contributed by atoms with E-state index in [1.165, 1.54) is 12.1 Å². The molecular formula is C13H16BrF2NO. The first-order chi connectivity index (χ1) is 8.59. The number of hydrogen-bond acceptors (Lipinski definition) is 2. The summed E-state index contributed by atoms with van der Waals surface area (Å²) in [7, 11) is 0. The van der Waals surface area contributed by atoms with Crippen molar-refractivity contribution in [3.63, 3.8) is 0 Å². The van der Waals surface area contributed by atoms with Crippen molar-refractivity contribution < 1.29 is 13.5 Å². The van der Waals surface area contributed by atoms with Crippen LogP contribution in [0.3, 0.4) is 0 Å². The number of halogens is 3. The van der Waals surface area contributed by atoms with E-state index in [0.29, 0.717) is 6.61 Å². The van der Waals surface area contributed by atoms with Crippen molar-refractivity contribution in [3.05, 3.63) is 33.8 Å². The van der Waals surface area contributed by atoms with Gasteiger partial charge in [-0.3, -0.25) is 0 Å².